The fraction of sp³-hybridized carbons (Fsp3) is 0.857. The van der Waals surface area contributed by atoms with Crippen molar-refractivity contribution in [2.45, 2.75) is 95.3 Å². The van der Waals surface area contributed by atoms with Crippen LogP contribution in [0.25, 0.3) is 0 Å². The SMILES string of the molecule is CN=C(NCCCc1nnc2n1CCCCC2)NC1CC2CCCC(C1)N2C.I. The monoisotopic (exact) mass is 515 g/mol. The summed E-state index contributed by atoms with van der Waals surface area (Å²) in [5, 5.41) is 16.1. The van der Waals surface area contributed by atoms with Gasteiger partial charge >= 0.3 is 0 Å². The molecule has 0 aromatic carbocycles. The Hall–Kier alpha value is -0.900. The molecule has 1 aromatic rings. The molecule has 2 fully saturated rings. The Morgan fingerprint density at radius 2 is 1.90 bits per heavy atom. The summed E-state index contributed by atoms with van der Waals surface area (Å²) in [5.41, 5.74) is 0. The van der Waals surface area contributed by atoms with Crippen molar-refractivity contribution >= 4 is 29.9 Å². The Bertz CT molecular complexity index is 660. The van der Waals surface area contributed by atoms with Gasteiger partial charge in [0.25, 0.3) is 0 Å². The number of fused-ring (bicyclic) bond motifs is 3. The first-order chi connectivity index (χ1) is 13.7. The molecule has 3 aliphatic rings. The van der Waals surface area contributed by atoms with Crippen molar-refractivity contribution in [3.8, 4) is 0 Å². The van der Waals surface area contributed by atoms with Gasteiger partial charge in [0.15, 0.2) is 5.96 Å². The minimum absolute atomic E-state index is 0. The lowest BCUT2D eigenvalue weighted by atomic mass is 9.82. The van der Waals surface area contributed by atoms with E-state index in [9.17, 15) is 0 Å². The molecule has 2 bridgehead atoms. The minimum Gasteiger partial charge on any atom is -0.356 e. The van der Waals surface area contributed by atoms with Crippen molar-refractivity contribution in [1.82, 2.24) is 30.3 Å². The molecule has 3 aliphatic heterocycles. The second-order valence-corrected chi connectivity index (χ2v) is 8.81. The van der Waals surface area contributed by atoms with Gasteiger partial charge in [-0.05, 0) is 52.0 Å². The molecule has 8 heteroatoms. The molecule has 2 N–H and O–H groups in total. The molecular formula is C21H38IN7. The van der Waals surface area contributed by atoms with E-state index in [1.165, 1.54) is 57.2 Å². The van der Waals surface area contributed by atoms with E-state index in [4.69, 9.17) is 0 Å². The van der Waals surface area contributed by atoms with E-state index in [0.29, 0.717) is 6.04 Å². The standard InChI is InChI=1S/C21H37N7.HI/c1-22-21(24-16-14-17-8-6-9-18(15-16)27(17)2)23-12-7-11-20-26-25-19-10-4-3-5-13-28(19)20;/h16-18H,3-15H2,1-2H3,(H2,22,23,24);1H. The fourth-order valence-corrected chi connectivity index (χ4v) is 5.31. The lowest BCUT2D eigenvalue weighted by molar-refractivity contribution is 0.0526. The minimum atomic E-state index is 0. The Balaban J connectivity index is 0.00000240. The number of aryl methyl sites for hydroxylation is 2. The summed E-state index contributed by atoms with van der Waals surface area (Å²) in [6, 6.07) is 2.03. The van der Waals surface area contributed by atoms with Crippen molar-refractivity contribution in [1.29, 1.82) is 0 Å². The van der Waals surface area contributed by atoms with Gasteiger partial charge in [-0.3, -0.25) is 4.99 Å². The number of hydrogen-bond donors (Lipinski definition) is 2. The van der Waals surface area contributed by atoms with E-state index < -0.39 is 0 Å². The molecule has 29 heavy (non-hydrogen) atoms. The van der Waals surface area contributed by atoms with Gasteiger partial charge < -0.3 is 20.1 Å². The first-order valence-electron chi connectivity index (χ1n) is 11.3. The first-order valence-corrected chi connectivity index (χ1v) is 11.3. The van der Waals surface area contributed by atoms with Crippen molar-refractivity contribution < 1.29 is 0 Å². The van der Waals surface area contributed by atoms with Crippen molar-refractivity contribution in [3.05, 3.63) is 11.6 Å². The molecule has 0 spiro atoms. The molecule has 2 atom stereocenters. The van der Waals surface area contributed by atoms with Crippen LogP contribution in [0, 0.1) is 0 Å². The number of halogens is 1. The van der Waals surface area contributed by atoms with Gasteiger partial charge in [-0.1, -0.05) is 12.8 Å². The smallest absolute Gasteiger partial charge is 0.191 e. The normalized spacial score (nSPS) is 27.5. The molecule has 4 rings (SSSR count). The highest BCUT2D eigenvalue weighted by molar-refractivity contribution is 14.0. The Morgan fingerprint density at radius 3 is 2.66 bits per heavy atom. The number of guanidine groups is 1. The largest absolute Gasteiger partial charge is 0.356 e. The zero-order valence-corrected chi connectivity index (χ0v) is 20.4. The van der Waals surface area contributed by atoms with E-state index in [0.717, 1.165) is 56.2 Å². The predicted molar refractivity (Wildman–Crippen MR) is 128 cm³/mol. The van der Waals surface area contributed by atoms with E-state index in [1.807, 2.05) is 7.05 Å². The summed E-state index contributed by atoms with van der Waals surface area (Å²) in [7, 11) is 4.19. The number of aromatic nitrogens is 3. The van der Waals surface area contributed by atoms with Crippen LogP contribution in [0.3, 0.4) is 0 Å². The molecule has 0 amide bonds. The van der Waals surface area contributed by atoms with Gasteiger partial charge in [0, 0.05) is 51.1 Å². The molecule has 0 aliphatic carbocycles. The van der Waals surface area contributed by atoms with Crippen LogP contribution in [-0.4, -0.2) is 64.4 Å². The average Bonchev–Trinajstić information content (AvgIpc) is 2.91. The molecule has 1 aromatic heterocycles. The van der Waals surface area contributed by atoms with Crippen LogP contribution >= 0.6 is 24.0 Å². The third kappa shape index (κ3) is 5.62. The van der Waals surface area contributed by atoms with Crippen LogP contribution in [-0.2, 0) is 19.4 Å². The third-order valence-corrected chi connectivity index (χ3v) is 6.96. The highest BCUT2D eigenvalue weighted by Crippen LogP contribution is 2.32. The van der Waals surface area contributed by atoms with Crippen LogP contribution in [0.2, 0.25) is 0 Å². The van der Waals surface area contributed by atoms with E-state index in [-0.39, 0.29) is 24.0 Å². The van der Waals surface area contributed by atoms with Gasteiger partial charge in [-0.25, -0.2) is 0 Å². The maximum atomic E-state index is 4.46. The number of nitrogens with zero attached hydrogens (tertiary/aromatic N) is 5. The number of nitrogens with one attached hydrogen (secondary N) is 2. The lowest BCUT2D eigenvalue weighted by Gasteiger charge is -2.47. The summed E-state index contributed by atoms with van der Waals surface area (Å²) in [6.45, 7) is 2.01. The summed E-state index contributed by atoms with van der Waals surface area (Å²) < 4.78 is 2.36. The summed E-state index contributed by atoms with van der Waals surface area (Å²) in [6.07, 6.45) is 13.5. The molecule has 0 radical (unpaired) electrons. The Kier molecular flexibility index (Phi) is 8.58. The fourth-order valence-electron chi connectivity index (χ4n) is 5.31. The summed E-state index contributed by atoms with van der Waals surface area (Å²) >= 11 is 0. The molecule has 164 valence electrons. The van der Waals surface area contributed by atoms with Gasteiger partial charge in [-0.2, -0.15) is 0 Å². The topological polar surface area (TPSA) is 70.4 Å². The van der Waals surface area contributed by atoms with E-state index >= 15 is 0 Å². The predicted octanol–water partition coefficient (Wildman–Crippen LogP) is 2.74. The van der Waals surface area contributed by atoms with Gasteiger partial charge in [0.2, 0.25) is 0 Å². The van der Waals surface area contributed by atoms with E-state index in [1.54, 1.807) is 0 Å². The molecule has 2 saturated heterocycles. The first kappa shape index (κ1) is 22.8. The molecule has 7 nitrogen and oxygen atoms in total. The maximum Gasteiger partial charge on any atom is 0.191 e. The second-order valence-electron chi connectivity index (χ2n) is 8.81. The van der Waals surface area contributed by atoms with Crippen LogP contribution in [0.1, 0.15) is 69.4 Å². The zero-order valence-electron chi connectivity index (χ0n) is 18.1. The van der Waals surface area contributed by atoms with Crippen LogP contribution in [0.15, 0.2) is 4.99 Å². The second kappa shape index (κ2) is 10.9. The number of piperidine rings is 2. The van der Waals surface area contributed by atoms with Crippen LogP contribution < -0.4 is 10.6 Å². The van der Waals surface area contributed by atoms with Crippen LogP contribution in [0.5, 0.6) is 0 Å². The van der Waals surface area contributed by atoms with Gasteiger partial charge in [0.1, 0.15) is 11.6 Å². The lowest BCUT2D eigenvalue weighted by Crippen LogP contribution is -2.56. The third-order valence-electron chi connectivity index (χ3n) is 6.96. The highest BCUT2D eigenvalue weighted by atomic mass is 127. The molecule has 4 heterocycles. The quantitative estimate of drug-likeness (QED) is 0.273. The summed E-state index contributed by atoms with van der Waals surface area (Å²) in [4.78, 5) is 7.07. The average molecular weight is 515 g/mol. The van der Waals surface area contributed by atoms with Crippen molar-refractivity contribution in [2.24, 2.45) is 4.99 Å². The van der Waals surface area contributed by atoms with Gasteiger partial charge in [0.05, 0.1) is 0 Å². The Morgan fingerprint density at radius 1 is 1.10 bits per heavy atom. The van der Waals surface area contributed by atoms with E-state index in [2.05, 4.69) is 42.3 Å². The van der Waals surface area contributed by atoms with Crippen molar-refractivity contribution in [3.63, 3.8) is 0 Å². The molecule has 0 saturated carbocycles. The Labute approximate surface area is 192 Å². The number of aliphatic imine (C=N–C) groups is 1. The molecular weight excluding hydrogens is 477 g/mol. The summed E-state index contributed by atoms with van der Waals surface area (Å²) in [5.74, 6) is 3.29. The number of hydrogen-bond acceptors (Lipinski definition) is 4. The van der Waals surface area contributed by atoms with Crippen molar-refractivity contribution in [2.75, 3.05) is 20.6 Å². The van der Waals surface area contributed by atoms with Crippen LogP contribution in [0.4, 0.5) is 0 Å². The maximum absolute atomic E-state index is 4.46. The highest BCUT2D eigenvalue weighted by Gasteiger charge is 2.36. The number of rotatable bonds is 5. The van der Waals surface area contributed by atoms with Gasteiger partial charge in [-0.15, -0.1) is 34.2 Å². The molecule has 2 unspecified atom stereocenters. The zero-order chi connectivity index (χ0) is 19.3.